The first-order valence-corrected chi connectivity index (χ1v) is 13.8. The minimum atomic E-state index is -1.34. The van der Waals surface area contributed by atoms with Gasteiger partial charge >= 0.3 is 0 Å². The number of aliphatic imine (C=N–C) groups is 1. The van der Waals surface area contributed by atoms with Gasteiger partial charge in [-0.3, -0.25) is 14.7 Å². The molecule has 3 rings (SSSR count). The second kappa shape index (κ2) is 13.9. The molecule has 1 aliphatic heterocycles. The molecule has 1 amide bonds. The van der Waals surface area contributed by atoms with Gasteiger partial charge in [-0.05, 0) is 74.3 Å². The monoisotopic (exact) mass is 554 g/mol. The van der Waals surface area contributed by atoms with E-state index in [1.54, 1.807) is 31.9 Å². The summed E-state index contributed by atoms with van der Waals surface area (Å²) in [6.45, 7) is 18.3. The van der Waals surface area contributed by atoms with Gasteiger partial charge in [0.2, 0.25) is 0 Å². The zero-order chi connectivity index (χ0) is 28.6. The lowest BCUT2D eigenvalue weighted by Gasteiger charge is -2.43. The molecule has 0 spiro atoms. The summed E-state index contributed by atoms with van der Waals surface area (Å²) in [5.41, 5.74) is 2.15. The van der Waals surface area contributed by atoms with E-state index in [0.29, 0.717) is 23.4 Å². The minimum absolute atomic E-state index is 0.0836. The topological polar surface area (TPSA) is 92.2 Å². The normalized spacial score (nSPS) is 20.1. The van der Waals surface area contributed by atoms with Crippen molar-refractivity contribution in [2.75, 3.05) is 40.3 Å². The molecule has 2 fully saturated rings. The molecule has 0 bridgehead atoms. The highest BCUT2D eigenvalue weighted by Crippen LogP contribution is 2.37. The number of benzene rings is 1. The largest absolute Gasteiger partial charge is 0.383 e. The number of rotatable bonds is 13. The third kappa shape index (κ3) is 7.60. The van der Waals surface area contributed by atoms with Crippen LogP contribution < -0.4 is 16.0 Å². The van der Waals surface area contributed by atoms with Crippen LogP contribution in [0.15, 0.2) is 67.0 Å². The Morgan fingerprint density at radius 1 is 1.23 bits per heavy atom. The summed E-state index contributed by atoms with van der Waals surface area (Å²) in [6, 6.07) is 5.04. The van der Waals surface area contributed by atoms with Gasteiger partial charge in [0.25, 0.3) is 5.91 Å². The number of amides is 1. The van der Waals surface area contributed by atoms with Crippen molar-refractivity contribution in [3.8, 4) is 0 Å². The van der Waals surface area contributed by atoms with Gasteiger partial charge in [0.05, 0.1) is 24.5 Å². The Labute approximate surface area is 238 Å². The van der Waals surface area contributed by atoms with E-state index < -0.39 is 17.6 Å². The molecule has 3 unspecified atom stereocenters. The summed E-state index contributed by atoms with van der Waals surface area (Å²) in [5, 5.41) is 20.7. The van der Waals surface area contributed by atoms with Gasteiger partial charge in [-0.1, -0.05) is 43.0 Å². The average Bonchev–Trinajstić information content (AvgIpc) is 2.89. The maximum absolute atomic E-state index is 13.1. The third-order valence-electron chi connectivity index (χ3n) is 7.61. The second-order valence-corrected chi connectivity index (χ2v) is 10.9. The van der Waals surface area contributed by atoms with Crippen molar-refractivity contribution in [3.05, 3.63) is 78.1 Å². The Morgan fingerprint density at radius 3 is 2.49 bits per heavy atom. The average molecular weight is 555 g/mol. The van der Waals surface area contributed by atoms with E-state index in [4.69, 9.17) is 11.6 Å². The molecule has 9 heteroatoms. The van der Waals surface area contributed by atoms with Crippen molar-refractivity contribution in [1.82, 2.24) is 25.8 Å². The lowest BCUT2D eigenvalue weighted by atomic mass is 9.79. The van der Waals surface area contributed by atoms with Gasteiger partial charge in [0.15, 0.2) is 0 Å². The molecule has 39 heavy (non-hydrogen) atoms. The predicted octanol–water partition coefficient (Wildman–Crippen LogP) is 3.48. The van der Waals surface area contributed by atoms with Gasteiger partial charge in [0, 0.05) is 44.4 Å². The van der Waals surface area contributed by atoms with Crippen molar-refractivity contribution in [3.63, 3.8) is 0 Å². The number of likely N-dealkylation sites (N-methyl/N-ethyl adjacent to an activating group) is 1. The first-order chi connectivity index (χ1) is 18.6. The van der Waals surface area contributed by atoms with Gasteiger partial charge in [-0.2, -0.15) is 0 Å². The highest BCUT2D eigenvalue weighted by Gasteiger charge is 2.43. The van der Waals surface area contributed by atoms with E-state index in [0.717, 1.165) is 49.3 Å². The first-order valence-electron chi connectivity index (χ1n) is 13.4. The second-order valence-electron chi connectivity index (χ2n) is 10.5. The van der Waals surface area contributed by atoms with E-state index in [2.05, 4.69) is 57.5 Å². The van der Waals surface area contributed by atoms with Crippen LogP contribution in [-0.2, 0) is 4.79 Å². The van der Waals surface area contributed by atoms with Crippen LogP contribution in [-0.4, -0.2) is 85.1 Å². The van der Waals surface area contributed by atoms with Gasteiger partial charge in [-0.25, -0.2) is 0 Å². The van der Waals surface area contributed by atoms with E-state index >= 15 is 0 Å². The molecule has 8 nitrogen and oxygen atoms in total. The van der Waals surface area contributed by atoms with Crippen molar-refractivity contribution in [2.45, 2.75) is 49.9 Å². The van der Waals surface area contributed by atoms with Crippen molar-refractivity contribution in [1.29, 1.82) is 0 Å². The molecule has 1 aromatic rings. The molecule has 212 valence electrons. The number of hydrogen-bond acceptors (Lipinski definition) is 6. The fraction of sp³-hybridized carbons (Fsp3) is 0.467. The molecular weight excluding hydrogens is 512 g/mol. The Bertz CT molecular complexity index is 1100. The smallest absolute Gasteiger partial charge is 0.252 e. The van der Waals surface area contributed by atoms with Crippen LogP contribution in [0.2, 0.25) is 5.02 Å². The number of hydrogen-bond donors (Lipinski definition) is 4. The van der Waals surface area contributed by atoms with Crippen molar-refractivity contribution >= 4 is 29.4 Å². The third-order valence-corrected chi connectivity index (χ3v) is 7.84. The zero-order valence-electron chi connectivity index (χ0n) is 23.4. The number of carbonyl (C=O) groups excluding carboxylic acids is 1. The van der Waals surface area contributed by atoms with Crippen LogP contribution in [0, 0.1) is 0 Å². The maximum Gasteiger partial charge on any atom is 0.252 e. The fourth-order valence-corrected chi connectivity index (χ4v) is 5.26. The molecule has 1 heterocycles. The molecule has 1 aliphatic carbocycles. The quantitative estimate of drug-likeness (QED) is 0.169. The summed E-state index contributed by atoms with van der Waals surface area (Å²) >= 11 is 6.55. The molecule has 4 N–H and O–H groups in total. The lowest BCUT2D eigenvalue weighted by molar-refractivity contribution is -0.148. The van der Waals surface area contributed by atoms with E-state index in [1.807, 2.05) is 25.1 Å². The van der Waals surface area contributed by atoms with Gasteiger partial charge in [-0.15, -0.1) is 0 Å². The minimum Gasteiger partial charge on any atom is -0.383 e. The summed E-state index contributed by atoms with van der Waals surface area (Å²) in [7, 11) is 3.80. The maximum atomic E-state index is 13.1. The number of aliphatic hydroxyl groups is 1. The van der Waals surface area contributed by atoms with E-state index in [1.165, 1.54) is 0 Å². The first kappa shape index (κ1) is 30.6. The number of halogens is 1. The molecule has 2 aliphatic rings. The fourth-order valence-electron chi connectivity index (χ4n) is 5.08. The highest BCUT2D eigenvalue weighted by molar-refractivity contribution is 6.30. The number of piperazine rings is 1. The molecule has 0 aromatic heterocycles. The Morgan fingerprint density at radius 2 is 1.92 bits per heavy atom. The molecule has 1 saturated heterocycles. The molecule has 3 atom stereocenters. The van der Waals surface area contributed by atoms with Crippen LogP contribution >= 0.6 is 11.6 Å². The van der Waals surface area contributed by atoms with E-state index in [9.17, 15) is 9.90 Å². The van der Waals surface area contributed by atoms with Crippen LogP contribution in [0.1, 0.15) is 43.4 Å². The van der Waals surface area contributed by atoms with Crippen molar-refractivity contribution < 1.29 is 9.90 Å². The number of carbonyl (C=O) groups is 1. The van der Waals surface area contributed by atoms with E-state index in [-0.39, 0.29) is 12.1 Å². The Hall–Kier alpha value is -2.91. The highest BCUT2D eigenvalue weighted by atomic mass is 35.5. The Kier molecular flexibility index (Phi) is 10.9. The predicted molar refractivity (Wildman–Crippen MR) is 162 cm³/mol. The SMILES string of the molecule is C=CNC(C(=C)C)C(c1ccc(Cl)cc1C(=C)C(/C=C/NC=NC)NC(=O)C1(O)CCC1)N1CCN(C)CC1. The number of nitrogens with one attached hydrogen (secondary N) is 3. The molecular formula is C30H43ClN6O2. The summed E-state index contributed by atoms with van der Waals surface area (Å²) in [6.07, 6.45) is 8.48. The van der Waals surface area contributed by atoms with Gasteiger partial charge < -0.3 is 26.0 Å². The molecule has 1 saturated carbocycles. The van der Waals surface area contributed by atoms with Crippen LogP contribution in [0.4, 0.5) is 0 Å². The Balaban J connectivity index is 2.06. The van der Waals surface area contributed by atoms with Crippen LogP contribution in [0.5, 0.6) is 0 Å². The molecule has 1 aromatic carbocycles. The lowest BCUT2D eigenvalue weighted by Crippen LogP contribution is -2.54. The molecule has 0 radical (unpaired) electrons. The standard InChI is InChI=1S/C30H43ClN6O2/c1-7-34-27(21(2)3)28(37-17-15-36(6)16-18-37)24-10-9-23(31)19-25(24)22(4)26(11-14-33-20-32-5)35-29(38)30(39)12-8-13-30/h7,9-11,14,19-20,26-28,34,39H,1-2,4,8,12-13,15-18H2,3,5-6H3,(H,32,33)(H,35,38)/b14-11+. The van der Waals surface area contributed by atoms with Gasteiger partial charge in [0.1, 0.15) is 5.60 Å². The van der Waals surface area contributed by atoms with Crippen LogP contribution in [0.25, 0.3) is 5.57 Å². The van der Waals surface area contributed by atoms with Crippen molar-refractivity contribution in [2.24, 2.45) is 4.99 Å². The summed E-state index contributed by atoms with van der Waals surface area (Å²) in [4.78, 5) is 21.8. The summed E-state index contributed by atoms with van der Waals surface area (Å²) in [5.74, 6) is -0.402. The zero-order valence-corrected chi connectivity index (χ0v) is 24.2. The number of nitrogens with zero attached hydrogens (tertiary/aromatic N) is 3. The summed E-state index contributed by atoms with van der Waals surface area (Å²) < 4.78 is 0. The van der Waals surface area contributed by atoms with Crippen LogP contribution in [0.3, 0.4) is 0 Å².